The first-order valence-corrected chi connectivity index (χ1v) is 12.6. The predicted octanol–water partition coefficient (Wildman–Crippen LogP) is 5.75. The molecule has 0 amide bonds. The predicted molar refractivity (Wildman–Crippen MR) is 134 cm³/mol. The molecule has 0 unspecified atom stereocenters. The lowest BCUT2D eigenvalue weighted by Gasteiger charge is -2.34. The number of piperazine rings is 1. The maximum Gasteiger partial charge on any atom is 0.433 e. The lowest BCUT2D eigenvalue weighted by Crippen LogP contribution is -2.47. The van der Waals surface area contributed by atoms with Crippen molar-refractivity contribution in [3.05, 3.63) is 76.5 Å². The zero-order chi connectivity index (χ0) is 25.1. The van der Waals surface area contributed by atoms with Crippen LogP contribution >= 0.6 is 11.3 Å². The van der Waals surface area contributed by atoms with E-state index in [4.69, 9.17) is 0 Å². The summed E-state index contributed by atoms with van der Waals surface area (Å²) in [6.45, 7) is 5.84. The molecular formula is C26H25F4N5S. The average Bonchev–Trinajstić information content (AvgIpc) is 3.40. The number of pyridine rings is 2. The molecule has 0 radical (unpaired) electrons. The third-order valence-corrected chi connectivity index (χ3v) is 7.04. The summed E-state index contributed by atoms with van der Waals surface area (Å²) in [4.78, 5) is 13.2. The molecule has 0 atom stereocenters. The van der Waals surface area contributed by atoms with Crippen molar-refractivity contribution < 1.29 is 17.6 Å². The van der Waals surface area contributed by atoms with E-state index in [2.05, 4.69) is 25.1 Å². The summed E-state index contributed by atoms with van der Waals surface area (Å²) in [6, 6.07) is 10.9. The van der Waals surface area contributed by atoms with Crippen molar-refractivity contribution in [1.82, 2.24) is 19.8 Å². The zero-order valence-corrected chi connectivity index (χ0v) is 20.2. The van der Waals surface area contributed by atoms with Crippen LogP contribution in [0.25, 0.3) is 22.0 Å². The smallest absolute Gasteiger partial charge is 0.368 e. The molecule has 1 aliphatic heterocycles. The molecule has 1 saturated heterocycles. The lowest BCUT2D eigenvalue weighted by molar-refractivity contribution is -0.140. The Kier molecular flexibility index (Phi) is 7.17. The molecule has 5 nitrogen and oxygen atoms in total. The zero-order valence-electron chi connectivity index (χ0n) is 19.4. The highest BCUT2D eigenvalue weighted by atomic mass is 32.1. The van der Waals surface area contributed by atoms with E-state index in [0.717, 1.165) is 56.5 Å². The number of nitrogens with zero attached hydrogens (tertiary/aromatic N) is 4. The Morgan fingerprint density at radius 2 is 1.69 bits per heavy atom. The van der Waals surface area contributed by atoms with Gasteiger partial charge in [-0.05, 0) is 52.2 Å². The molecule has 5 rings (SSSR count). The first kappa shape index (κ1) is 24.6. The maximum atomic E-state index is 13.3. The van der Waals surface area contributed by atoms with Gasteiger partial charge in [-0.3, -0.25) is 9.80 Å². The number of thiophene rings is 1. The van der Waals surface area contributed by atoms with Crippen molar-refractivity contribution in [2.75, 3.05) is 44.6 Å². The molecule has 188 valence electrons. The van der Waals surface area contributed by atoms with Crippen LogP contribution in [0.15, 0.2) is 59.4 Å². The summed E-state index contributed by atoms with van der Waals surface area (Å²) in [5.74, 6) is 0.302. The third-order valence-electron chi connectivity index (χ3n) is 6.36. The van der Waals surface area contributed by atoms with Gasteiger partial charge in [-0.1, -0.05) is 12.1 Å². The highest BCUT2D eigenvalue weighted by molar-refractivity contribution is 7.08. The Bertz CT molecular complexity index is 1300. The number of hydrogen-bond donors (Lipinski definition) is 1. The minimum absolute atomic E-state index is 0.226. The van der Waals surface area contributed by atoms with Crippen molar-refractivity contribution >= 4 is 28.1 Å². The molecule has 10 heteroatoms. The standard InChI is InChI=1S/C26H25F4N5S/c27-20-3-1-18(2-4-20)16-35-12-10-34(11-13-35)9-8-31-25-21-5-6-23(26(28,29)30)33-24(21)22(15-32-25)19-7-14-36-17-19/h1-7,14-15,17H,8-13,16H2,(H,31,32). The second-order valence-electron chi connectivity index (χ2n) is 8.79. The molecule has 4 aromatic rings. The molecule has 1 aliphatic rings. The fourth-order valence-electron chi connectivity index (χ4n) is 4.39. The van der Waals surface area contributed by atoms with Crippen LogP contribution in [0.4, 0.5) is 23.4 Å². The van der Waals surface area contributed by atoms with Gasteiger partial charge in [-0.2, -0.15) is 24.5 Å². The quantitative estimate of drug-likeness (QED) is 0.318. The van der Waals surface area contributed by atoms with Gasteiger partial charge in [0.2, 0.25) is 0 Å². The highest BCUT2D eigenvalue weighted by Gasteiger charge is 2.33. The van der Waals surface area contributed by atoms with E-state index < -0.39 is 11.9 Å². The normalized spacial score (nSPS) is 15.4. The molecule has 4 heterocycles. The number of nitrogens with one attached hydrogen (secondary N) is 1. The molecule has 3 aromatic heterocycles. The lowest BCUT2D eigenvalue weighted by atomic mass is 10.1. The summed E-state index contributed by atoms with van der Waals surface area (Å²) >= 11 is 1.47. The number of aromatic nitrogens is 2. The number of halogens is 4. The monoisotopic (exact) mass is 515 g/mol. The van der Waals surface area contributed by atoms with E-state index in [1.54, 1.807) is 6.20 Å². The van der Waals surface area contributed by atoms with Crippen LogP contribution < -0.4 is 5.32 Å². The van der Waals surface area contributed by atoms with Crippen LogP contribution in [-0.2, 0) is 12.7 Å². The number of benzene rings is 1. The van der Waals surface area contributed by atoms with E-state index in [1.165, 1.54) is 29.5 Å². The van der Waals surface area contributed by atoms with Gasteiger partial charge in [0.05, 0.1) is 5.52 Å². The van der Waals surface area contributed by atoms with E-state index >= 15 is 0 Å². The molecule has 0 aliphatic carbocycles. The number of alkyl halides is 3. The molecule has 0 saturated carbocycles. The van der Waals surface area contributed by atoms with Crippen LogP contribution in [0.2, 0.25) is 0 Å². The van der Waals surface area contributed by atoms with Gasteiger partial charge in [0.25, 0.3) is 0 Å². The molecule has 0 spiro atoms. The fourth-order valence-corrected chi connectivity index (χ4v) is 5.05. The summed E-state index contributed by atoms with van der Waals surface area (Å²) in [6.07, 6.45) is -2.93. The Hall–Kier alpha value is -3.08. The average molecular weight is 516 g/mol. The summed E-state index contributed by atoms with van der Waals surface area (Å²) in [5.41, 5.74) is 1.85. The number of hydrogen-bond acceptors (Lipinski definition) is 6. The number of fused-ring (bicyclic) bond motifs is 1. The Morgan fingerprint density at radius 3 is 2.39 bits per heavy atom. The highest BCUT2D eigenvalue weighted by Crippen LogP contribution is 2.35. The van der Waals surface area contributed by atoms with Gasteiger partial charge in [-0.25, -0.2) is 14.4 Å². The largest absolute Gasteiger partial charge is 0.433 e. The molecule has 1 N–H and O–H groups in total. The number of rotatable bonds is 7. The van der Waals surface area contributed by atoms with Gasteiger partial charge in [0.15, 0.2) is 0 Å². The second-order valence-corrected chi connectivity index (χ2v) is 9.57. The third kappa shape index (κ3) is 5.66. The van der Waals surface area contributed by atoms with Crippen molar-refractivity contribution in [3.63, 3.8) is 0 Å². The minimum Gasteiger partial charge on any atom is -0.368 e. The van der Waals surface area contributed by atoms with Crippen molar-refractivity contribution in [2.45, 2.75) is 12.7 Å². The summed E-state index contributed by atoms with van der Waals surface area (Å²) < 4.78 is 53.2. The second kappa shape index (κ2) is 10.5. The Morgan fingerprint density at radius 1 is 0.944 bits per heavy atom. The summed E-state index contributed by atoms with van der Waals surface area (Å²) in [5, 5.41) is 7.62. The topological polar surface area (TPSA) is 44.3 Å². The maximum absolute atomic E-state index is 13.3. The van der Waals surface area contributed by atoms with Gasteiger partial charge >= 0.3 is 6.18 Å². The van der Waals surface area contributed by atoms with Crippen molar-refractivity contribution in [2.24, 2.45) is 0 Å². The molecule has 36 heavy (non-hydrogen) atoms. The summed E-state index contributed by atoms with van der Waals surface area (Å²) in [7, 11) is 0. The first-order valence-electron chi connectivity index (χ1n) is 11.7. The van der Waals surface area contributed by atoms with Crippen LogP contribution in [0.1, 0.15) is 11.3 Å². The van der Waals surface area contributed by atoms with E-state index in [1.807, 2.05) is 29.0 Å². The fraction of sp³-hybridized carbons (Fsp3) is 0.308. The van der Waals surface area contributed by atoms with E-state index in [9.17, 15) is 17.6 Å². The first-order chi connectivity index (χ1) is 17.4. The SMILES string of the molecule is Fc1ccc(CN2CCN(CCNc3ncc(-c4ccsc4)c4nc(C(F)(F)F)ccc34)CC2)cc1. The van der Waals surface area contributed by atoms with Gasteiger partial charge in [0, 0.05) is 63.0 Å². The minimum atomic E-state index is -4.52. The van der Waals surface area contributed by atoms with Crippen LogP contribution in [0.3, 0.4) is 0 Å². The van der Waals surface area contributed by atoms with E-state index in [-0.39, 0.29) is 11.3 Å². The molecule has 1 fully saturated rings. The Labute approximate surface area is 210 Å². The molecule has 1 aromatic carbocycles. The van der Waals surface area contributed by atoms with Crippen LogP contribution in [0.5, 0.6) is 0 Å². The molecule has 0 bridgehead atoms. The van der Waals surface area contributed by atoms with Crippen LogP contribution in [-0.4, -0.2) is 59.0 Å². The Balaban J connectivity index is 1.22. The van der Waals surface area contributed by atoms with Crippen molar-refractivity contribution in [1.29, 1.82) is 0 Å². The van der Waals surface area contributed by atoms with Crippen LogP contribution in [0, 0.1) is 5.82 Å². The van der Waals surface area contributed by atoms with E-state index in [0.29, 0.717) is 23.3 Å². The number of anilines is 1. The van der Waals surface area contributed by atoms with Gasteiger partial charge < -0.3 is 5.32 Å². The van der Waals surface area contributed by atoms with Gasteiger partial charge in [-0.15, -0.1) is 0 Å². The molecular weight excluding hydrogens is 490 g/mol. The van der Waals surface area contributed by atoms with Crippen molar-refractivity contribution in [3.8, 4) is 11.1 Å². The van der Waals surface area contributed by atoms with Gasteiger partial charge in [0.1, 0.15) is 17.3 Å².